The number of carbonyl (C=O) groups is 1. The highest BCUT2D eigenvalue weighted by molar-refractivity contribution is 5.92. The molecule has 2 fully saturated rings. The second-order valence-electron chi connectivity index (χ2n) is 8.72. The Kier molecular flexibility index (Phi) is 4.72. The van der Waals surface area contributed by atoms with Gasteiger partial charge in [0.15, 0.2) is 0 Å². The molecule has 33 heavy (non-hydrogen) atoms. The molecule has 2 aliphatic rings. The predicted molar refractivity (Wildman–Crippen MR) is 124 cm³/mol. The molecule has 6 heteroatoms. The normalized spacial score (nSPS) is 16.8. The highest BCUT2D eigenvalue weighted by Crippen LogP contribution is 2.50. The molecule has 1 aromatic heterocycles. The topological polar surface area (TPSA) is 68.5 Å². The van der Waals surface area contributed by atoms with Crippen molar-refractivity contribution in [1.82, 2.24) is 15.0 Å². The van der Waals surface area contributed by atoms with E-state index in [2.05, 4.69) is 22.3 Å². The Hall–Kier alpha value is -3.93. The first-order valence-corrected chi connectivity index (χ1v) is 11.2. The van der Waals surface area contributed by atoms with Crippen molar-refractivity contribution in [3.05, 3.63) is 90.5 Å². The highest BCUT2D eigenvalue weighted by Gasteiger charge is 2.54. The van der Waals surface area contributed by atoms with Gasteiger partial charge < -0.3 is 14.2 Å². The number of amides is 1. The monoisotopic (exact) mass is 437 g/mol. The van der Waals surface area contributed by atoms with Crippen LogP contribution in [0.4, 0.5) is 0 Å². The lowest BCUT2D eigenvalue weighted by atomic mass is 9.93. The molecule has 164 valence electrons. The lowest BCUT2D eigenvalue weighted by molar-refractivity contribution is -0.142. The number of nitrogens with zero attached hydrogens (tertiary/aromatic N) is 3. The van der Waals surface area contributed by atoms with Crippen LogP contribution in [0.25, 0.3) is 22.8 Å². The third-order valence-corrected chi connectivity index (χ3v) is 6.46. The maximum Gasteiger partial charge on any atom is 0.258 e. The van der Waals surface area contributed by atoms with Crippen LogP contribution >= 0.6 is 0 Å². The predicted octanol–water partition coefficient (Wildman–Crippen LogP) is 4.73. The molecule has 4 aromatic rings. The standard InChI is InChI=1S/C27H23N3O3/c31-26(27(14-15-27)21-11-5-2-6-12-21)30-17-23(18-30)32-22-13-7-10-20(16-22)25-28-24(29-33-25)19-8-3-1-4-9-19/h1-13,16,23H,14-15,17-18H2. The minimum Gasteiger partial charge on any atom is -0.487 e. The molecular weight excluding hydrogens is 414 g/mol. The number of hydrogen-bond donors (Lipinski definition) is 0. The van der Waals surface area contributed by atoms with Crippen LogP contribution in [0.5, 0.6) is 5.75 Å². The fraction of sp³-hybridized carbons (Fsp3) is 0.222. The molecule has 2 heterocycles. The van der Waals surface area contributed by atoms with Gasteiger partial charge in [0, 0.05) is 11.1 Å². The van der Waals surface area contributed by atoms with Gasteiger partial charge in [-0.1, -0.05) is 71.9 Å². The number of rotatable bonds is 6. The molecule has 6 nitrogen and oxygen atoms in total. The minimum absolute atomic E-state index is 0.0154. The smallest absolute Gasteiger partial charge is 0.258 e. The van der Waals surface area contributed by atoms with E-state index in [9.17, 15) is 4.79 Å². The average molecular weight is 437 g/mol. The van der Waals surface area contributed by atoms with Crippen molar-refractivity contribution in [2.45, 2.75) is 24.4 Å². The second kappa shape index (κ2) is 7.89. The van der Waals surface area contributed by atoms with E-state index in [4.69, 9.17) is 9.26 Å². The van der Waals surface area contributed by atoms with Gasteiger partial charge in [0.25, 0.3) is 5.89 Å². The van der Waals surface area contributed by atoms with Gasteiger partial charge in [-0.3, -0.25) is 4.79 Å². The summed E-state index contributed by atoms with van der Waals surface area (Å²) in [5.41, 5.74) is 2.51. The molecular formula is C27H23N3O3. The van der Waals surface area contributed by atoms with Crippen molar-refractivity contribution in [1.29, 1.82) is 0 Å². The summed E-state index contributed by atoms with van der Waals surface area (Å²) in [6, 6.07) is 27.5. The zero-order chi connectivity index (χ0) is 22.3. The fourth-order valence-electron chi connectivity index (χ4n) is 4.43. The largest absolute Gasteiger partial charge is 0.487 e. The van der Waals surface area contributed by atoms with Crippen molar-refractivity contribution < 1.29 is 14.1 Å². The maximum absolute atomic E-state index is 13.1. The zero-order valence-electron chi connectivity index (χ0n) is 18.1. The van der Waals surface area contributed by atoms with E-state index < -0.39 is 0 Å². The van der Waals surface area contributed by atoms with E-state index in [1.807, 2.05) is 77.7 Å². The van der Waals surface area contributed by atoms with Crippen LogP contribution in [0.1, 0.15) is 18.4 Å². The van der Waals surface area contributed by atoms with E-state index in [1.54, 1.807) is 0 Å². The van der Waals surface area contributed by atoms with Crippen LogP contribution in [-0.2, 0) is 10.2 Å². The summed E-state index contributed by atoms with van der Waals surface area (Å²) in [5, 5.41) is 4.09. The quantitative estimate of drug-likeness (QED) is 0.436. The van der Waals surface area contributed by atoms with Gasteiger partial charge in [0.2, 0.25) is 11.7 Å². The number of benzene rings is 3. The molecule has 1 aliphatic carbocycles. The van der Waals surface area contributed by atoms with Crippen LogP contribution in [0, 0.1) is 0 Å². The Balaban J connectivity index is 1.10. The Bertz CT molecular complexity index is 1280. The molecule has 0 N–H and O–H groups in total. The Morgan fingerprint density at radius 2 is 1.61 bits per heavy atom. The molecule has 0 spiro atoms. The average Bonchev–Trinajstić information content (AvgIpc) is 3.51. The van der Waals surface area contributed by atoms with Gasteiger partial charge in [0.05, 0.1) is 18.5 Å². The minimum atomic E-state index is -0.319. The molecule has 0 unspecified atom stereocenters. The number of carbonyl (C=O) groups excluding carboxylic acids is 1. The third-order valence-electron chi connectivity index (χ3n) is 6.46. The fourth-order valence-corrected chi connectivity index (χ4v) is 4.43. The van der Waals surface area contributed by atoms with Crippen molar-refractivity contribution >= 4 is 5.91 Å². The molecule has 6 rings (SSSR count). The summed E-state index contributed by atoms with van der Waals surface area (Å²) in [6.45, 7) is 1.21. The first-order valence-electron chi connectivity index (χ1n) is 11.2. The SMILES string of the molecule is O=C(N1CC(Oc2cccc(-c3nc(-c4ccccc4)no3)c2)C1)C1(c2ccccc2)CC1. The zero-order valence-corrected chi connectivity index (χ0v) is 18.1. The highest BCUT2D eigenvalue weighted by atomic mass is 16.5. The van der Waals surface area contributed by atoms with Crippen LogP contribution in [0.15, 0.2) is 89.5 Å². The van der Waals surface area contributed by atoms with Crippen LogP contribution in [0.3, 0.4) is 0 Å². The summed E-state index contributed by atoms with van der Waals surface area (Å²) < 4.78 is 11.6. The van der Waals surface area contributed by atoms with Crippen LogP contribution < -0.4 is 4.74 Å². The molecule has 0 atom stereocenters. The van der Waals surface area contributed by atoms with E-state index >= 15 is 0 Å². The van der Waals surface area contributed by atoms with E-state index in [-0.39, 0.29) is 17.4 Å². The van der Waals surface area contributed by atoms with Gasteiger partial charge in [-0.2, -0.15) is 4.98 Å². The van der Waals surface area contributed by atoms with Crippen molar-refractivity contribution in [3.8, 4) is 28.6 Å². The van der Waals surface area contributed by atoms with Gasteiger partial charge in [-0.05, 0) is 36.6 Å². The molecule has 3 aromatic carbocycles. The maximum atomic E-state index is 13.1. The number of hydrogen-bond acceptors (Lipinski definition) is 5. The van der Waals surface area contributed by atoms with E-state index in [0.29, 0.717) is 24.8 Å². The van der Waals surface area contributed by atoms with Crippen molar-refractivity contribution in [2.24, 2.45) is 0 Å². The summed E-state index contributed by atoms with van der Waals surface area (Å²) in [4.78, 5) is 19.5. The van der Waals surface area contributed by atoms with Gasteiger partial charge in [0.1, 0.15) is 11.9 Å². The first kappa shape index (κ1) is 19.7. The molecule has 1 saturated heterocycles. The van der Waals surface area contributed by atoms with Crippen LogP contribution in [0.2, 0.25) is 0 Å². The summed E-state index contributed by atoms with van der Waals surface area (Å²) in [6.07, 6.45) is 1.84. The number of likely N-dealkylation sites (tertiary alicyclic amines) is 1. The number of ether oxygens (including phenoxy) is 1. The molecule has 1 aliphatic heterocycles. The van der Waals surface area contributed by atoms with Gasteiger partial charge in [-0.25, -0.2) is 0 Å². The van der Waals surface area contributed by atoms with E-state index in [0.717, 1.165) is 35.3 Å². The van der Waals surface area contributed by atoms with Crippen molar-refractivity contribution in [2.75, 3.05) is 13.1 Å². The lowest BCUT2D eigenvalue weighted by Crippen LogP contribution is -2.58. The van der Waals surface area contributed by atoms with Crippen LogP contribution in [-0.4, -0.2) is 40.1 Å². The third kappa shape index (κ3) is 3.67. The first-order chi connectivity index (χ1) is 16.2. The molecule has 1 amide bonds. The summed E-state index contributed by atoms with van der Waals surface area (Å²) in [5.74, 6) is 1.95. The lowest BCUT2D eigenvalue weighted by Gasteiger charge is -2.41. The van der Waals surface area contributed by atoms with Gasteiger partial charge in [-0.15, -0.1) is 0 Å². The summed E-state index contributed by atoms with van der Waals surface area (Å²) in [7, 11) is 0. The molecule has 1 saturated carbocycles. The van der Waals surface area contributed by atoms with Gasteiger partial charge >= 0.3 is 0 Å². The molecule has 0 radical (unpaired) electrons. The Morgan fingerprint density at radius 3 is 2.33 bits per heavy atom. The Labute approximate surface area is 191 Å². The second-order valence-corrected chi connectivity index (χ2v) is 8.72. The van der Waals surface area contributed by atoms with Crippen molar-refractivity contribution in [3.63, 3.8) is 0 Å². The summed E-state index contributed by atoms with van der Waals surface area (Å²) >= 11 is 0. The van der Waals surface area contributed by atoms with E-state index in [1.165, 1.54) is 0 Å². The molecule has 0 bridgehead atoms. The number of aromatic nitrogens is 2. The Morgan fingerprint density at radius 1 is 0.909 bits per heavy atom.